The molecule has 9 N–H and O–H groups in total. The number of allylic oxidation sites excluding steroid dienone is 8. The van der Waals surface area contributed by atoms with Crippen LogP contribution in [0.2, 0.25) is 0 Å². The molecule has 4 bridgehead atoms. The van der Waals surface area contributed by atoms with E-state index >= 15 is 14.4 Å². The molecule has 12 atom stereocenters. The number of Topliss-reactive ketones (excluding diaryl/α,β-unsaturated/α-hetero) is 2. The number of dihydropyridines is 2. The second-order valence-corrected chi connectivity index (χ2v) is 25.1. The summed E-state index contributed by atoms with van der Waals surface area (Å²) < 4.78 is 13.7. The molecule has 13 nitrogen and oxygen atoms in total. The van der Waals surface area contributed by atoms with Crippen molar-refractivity contribution in [2.45, 2.75) is 178 Å². The minimum absolute atomic E-state index is 0.0740. The third-order valence-electron chi connectivity index (χ3n) is 20.0. The lowest BCUT2D eigenvalue weighted by Crippen LogP contribution is -2.54. The van der Waals surface area contributed by atoms with Crippen molar-refractivity contribution in [3.05, 3.63) is 117 Å². The van der Waals surface area contributed by atoms with Crippen LogP contribution in [0.15, 0.2) is 100 Å². The van der Waals surface area contributed by atoms with E-state index in [4.69, 9.17) is 15.2 Å². The zero-order chi connectivity index (χ0) is 52.8. The van der Waals surface area contributed by atoms with Gasteiger partial charge >= 0.3 is 5.97 Å². The zero-order valence-corrected chi connectivity index (χ0v) is 45.5. The number of epoxide rings is 1. The average Bonchev–Trinajstić information content (AvgIpc) is 4.05. The Labute approximate surface area is 451 Å². The summed E-state index contributed by atoms with van der Waals surface area (Å²) >= 11 is 0. The van der Waals surface area contributed by atoms with Crippen molar-refractivity contribution >= 4 is 17.5 Å². The van der Waals surface area contributed by atoms with E-state index in [1.807, 2.05) is 38.4 Å². The van der Waals surface area contributed by atoms with Crippen LogP contribution in [0.5, 0.6) is 0 Å². The van der Waals surface area contributed by atoms with Crippen molar-refractivity contribution in [3.8, 4) is 0 Å². The van der Waals surface area contributed by atoms with E-state index in [0.29, 0.717) is 49.0 Å². The van der Waals surface area contributed by atoms with Crippen LogP contribution in [0.3, 0.4) is 0 Å². The Morgan fingerprint density at radius 2 is 1.83 bits per heavy atom. The summed E-state index contributed by atoms with van der Waals surface area (Å²) in [5.74, 6) is 1.08. The molecule has 1 aromatic rings. The van der Waals surface area contributed by atoms with Gasteiger partial charge in [0.25, 0.3) is 5.60 Å². The van der Waals surface area contributed by atoms with Gasteiger partial charge in [-0.2, -0.15) is 0 Å². The molecule has 1 aromatic carbocycles. The van der Waals surface area contributed by atoms with Crippen LogP contribution in [-0.4, -0.2) is 96.8 Å². The van der Waals surface area contributed by atoms with Crippen molar-refractivity contribution in [3.63, 3.8) is 0 Å². The van der Waals surface area contributed by atoms with E-state index in [-0.39, 0.29) is 72.3 Å². The Morgan fingerprint density at radius 3 is 2.62 bits per heavy atom. The topological polar surface area (TPSA) is 200 Å². The number of benzene rings is 1. The van der Waals surface area contributed by atoms with Crippen molar-refractivity contribution in [1.29, 1.82) is 0 Å². The fourth-order valence-corrected chi connectivity index (χ4v) is 15.9. The summed E-state index contributed by atoms with van der Waals surface area (Å²) in [5.41, 5.74) is 9.64. The molecule has 10 aliphatic rings. The Balaban J connectivity index is 0.982. The second-order valence-electron chi connectivity index (χ2n) is 25.1. The zero-order valence-electron chi connectivity index (χ0n) is 45.5. The molecule has 5 aliphatic carbocycles. The number of ketones is 2. The number of ether oxygens (including phenoxy) is 2. The molecule has 12 unspecified atom stereocenters. The number of aliphatic hydroxyl groups excluding tert-OH is 2. The Hall–Kier alpha value is -4.63. The van der Waals surface area contributed by atoms with Gasteiger partial charge in [-0.1, -0.05) is 93.2 Å². The maximum absolute atomic E-state index is 16.1. The molecule has 5 aliphatic heterocycles. The summed E-state index contributed by atoms with van der Waals surface area (Å²) in [6, 6.07) is 5.45. The highest BCUT2D eigenvalue weighted by atomic mass is 16.7. The maximum atomic E-state index is 16.1. The molecule has 0 amide bonds. The van der Waals surface area contributed by atoms with E-state index < -0.39 is 34.8 Å². The van der Waals surface area contributed by atoms with E-state index in [0.717, 1.165) is 99.8 Å². The SMILES string of the molecule is CNC1CC2CCC(CC(C)=C(CO)CC34OC35C(=O)OC(CCCO)C3CC6C(=CC3NCC3CCCCC3)C=CCC6CCCCC(C)(CC3=CNC(N)C=C3)Cc3cccc(c3C5=O)C4=O)C3=CCNC(=C32)N1. The van der Waals surface area contributed by atoms with Crippen molar-refractivity contribution < 1.29 is 34.1 Å². The van der Waals surface area contributed by atoms with Gasteiger partial charge in [-0.15, -0.1) is 0 Å². The lowest BCUT2D eigenvalue weighted by molar-refractivity contribution is -0.158. The smallest absolute Gasteiger partial charge is 0.350 e. The van der Waals surface area contributed by atoms with E-state index in [9.17, 15) is 10.2 Å². The van der Waals surface area contributed by atoms with Crippen molar-refractivity contribution in [2.24, 2.45) is 46.7 Å². The van der Waals surface area contributed by atoms with Gasteiger partial charge in [0, 0.05) is 48.9 Å². The lowest BCUT2D eigenvalue weighted by Gasteiger charge is -2.44. The van der Waals surface area contributed by atoms with Crippen LogP contribution in [0.25, 0.3) is 0 Å². The van der Waals surface area contributed by atoms with E-state index in [1.165, 1.54) is 48.8 Å². The van der Waals surface area contributed by atoms with Gasteiger partial charge in [-0.3, -0.25) is 9.59 Å². The summed E-state index contributed by atoms with van der Waals surface area (Å²) in [7, 11) is 1.99. The number of nitrogens with two attached hydrogens (primary N) is 1. The Kier molecular flexibility index (Phi) is 15.6. The third kappa shape index (κ3) is 10.1. The summed E-state index contributed by atoms with van der Waals surface area (Å²) in [6.45, 7) is 5.49. The molecule has 11 rings (SSSR count). The minimum atomic E-state index is -2.26. The number of rotatable bonds is 14. The van der Waals surface area contributed by atoms with Crippen molar-refractivity contribution in [1.82, 2.24) is 26.6 Å². The van der Waals surface area contributed by atoms with Gasteiger partial charge in [-0.05, 0) is 185 Å². The number of hydrogen-bond acceptors (Lipinski definition) is 13. The highest BCUT2D eigenvalue weighted by Gasteiger charge is 2.86. The highest BCUT2D eigenvalue weighted by molar-refractivity contribution is 6.33. The summed E-state index contributed by atoms with van der Waals surface area (Å²) in [6.07, 6.45) is 32.3. The van der Waals surface area contributed by atoms with E-state index in [1.54, 1.807) is 6.07 Å². The first-order chi connectivity index (χ1) is 36.9. The average molecular weight is 1040 g/mol. The third-order valence-corrected chi connectivity index (χ3v) is 20.0. The number of hydrogen-bond donors (Lipinski definition) is 8. The molecule has 2 saturated carbocycles. The molecule has 1 saturated heterocycles. The van der Waals surface area contributed by atoms with Gasteiger partial charge in [0.2, 0.25) is 5.78 Å². The Morgan fingerprint density at radius 1 is 0.987 bits per heavy atom. The fourth-order valence-electron chi connectivity index (χ4n) is 15.9. The number of esters is 1. The van der Waals surface area contributed by atoms with Crippen LogP contribution in [-0.2, 0) is 20.7 Å². The Bertz CT molecular complexity index is 2640. The summed E-state index contributed by atoms with van der Waals surface area (Å²) in [4.78, 5) is 47.8. The van der Waals surface area contributed by atoms with Crippen molar-refractivity contribution in [2.75, 3.05) is 33.4 Å². The predicted molar refractivity (Wildman–Crippen MR) is 295 cm³/mol. The minimum Gasteiger partial charge on any atom is -0.459 e. The molecule has 76 heavy (non-hydrogen) atoms. The molecule has 5 heterocycles. The fraction of sp³-hybridized carbons (Fsp3) is 0.635. The molecule has 410 valence electrons. The number of aliphatic hydroxyl groups is 2. The normalized spacial score (nSPS) is 36.4. The lowest BCUT2D eigenvalue weighted by atomic mass is 9.66. The number of cyclic esters (lactones) is 1. The number of carbonyl (C=O) groups is 3. The van der Waals surface area contributed by atoms with Gasteiger partial charge in [0.1, 0.15) is 11.9 Å². The van der Waals surface area contributed by atoms with Crippen LogP contribution in [0.4, 0.5) is 0 Å². The van der Waals surface area contributed by atoms with Crippen LogP contribution in [0, 0.1) is 40.9 Å². The number of fused-ring (bicyclic) bond motifs is 1. The quantitative estimate of drug-likeness (QED) is 0.0385. The molecule has 3 fully saturated rings. The molecule has 0 aromatic heterocycles. The highest BCUT2D eigenvalue weighted by Crippen LogP contribution is 2.61. The first kappa shape index (κ1) is 53.4. The van der Waals surface area contributed by atoms with Gasteiger partial charge in [0.05, 0.1) is 18.9 Å². The predicted octanol–water partition coefficient (Wildman–Crippen LogP) is 8.17. The number of carbonyl (C=O) groups excluding carboxylic acids is 3. The molecular formula is C63H86N6O7. The largest absolute Gasteiger partial charge is 0.459 e. The first-order valence-corrected chi connectivity index (χ1v) is 29.5. The molecular weight excluding hydrogens is 953 g/mol. The van der Waals surface area contributed by atoms with Crippen LogP contribution in [0.1, 0.15) is 162 Å². The van der Waals surface area contributed by atoms with Gasteiger partial charge in [-0.25, -0.2) is 4.79 Å². The monoisotopic (exact) mass is 1040 g/mol. The molecule has 13 heteroatoms. The van der Waals surface area contributed by atoms with E-state index in [2.05, 4.69) is 63.9 Å². The standard InChI is InChI=1S/C63H86N6O7/c1-38(28-43-21-22-44-30-54(65-3)69-59-56(44)47(43)24-26-66-59)46(37-71)34-62-57(72)48-18-10-17-45-33-61(2,32-40-20-23-53(64)68-36-40)25-8-7-14-41-15-9-16-42-29-51(67-35-39-12-5-4-6-13-39)50(31-49(41)42)52(19-11-27-70)75-60(74)63(62,76-62)58(73)55(45)48/h9-10,16-18,20,23-24,29,36,39,41,43-44,49-54,65-71H,4-8,11-15,19,21-22,25-28,30-35,37,64H2,1-3H3. The van der Waals surface area contributed by atoms with Gasteiger partial charge < -0.3 is 52.0 Å². The second kappa shape index (κ2) is 22.2. The van der Waals surface area contributed by atoms with Crippen LogP contribution < -0.4 is 32.3 Å². The van der Waals surface area contributed by atoms with Gasteiger partial charge in [0.15, 0.2) is 11.4 Å². The molecule has 1 spiro atoms. The molecule has 0 radical (unpaired) electrons. The first-order valence-electron chi connectivity index (χ1n) is 29.5. The maximum Gasteiger partial charge on any atom is 0.350 e. The van der Waals surface area contributed by atoms with Crippen LogP contribution >= 0.6 is 0 Å². The number of nitrogens with one attached hydrogen (secondary N) is 5. The summed E-state index contributed by atoms with van der Waals surface area (Å²) in [5, 5.41) is 39.8.